The van der Waals surface area contributed by atoms with Crippen LogP contribution in [-0.4, -0.2) is 27.5 Å². The number of amides is 1. The molecule has 0 unspecified atom stereocenters. The van der Waals surface area contributed by atoms with E-state index in [4.69, 9.17) is 4.74 Å². The van der Waals surface area contributed by atoms with Gasteiger partial charge in [-0.15, -0.1) is 0 Å². The normalized spacial score (nSPS) is 14.7. The second-order valence-electron chi connectivity index (χ2n) is 7.23. The maximum absolute atomic E-state index is 13.4. The van der Waals surface area contributed by atoms with Crippen molar-refractivity contribution in [2.24, 2.45) is 0 Å². The molecule has 1 aliphatic carbocycles. The third kappa shape index (κ3) is 5.13. The standard InChI is InChI=1S/C21H25FN2O4S/c1-14-11-15(7-9-18(14)22)13-23-21(25)16-8-10-19(28-2)20(12-16)29(26,27)24-17-5-3-4-6-17/h7-12,17,24H,3-6,13H2,1-2H3,(H,23,25). The number of nitrogens with one attached hydrogen (secondary N) is 2. The molecule has 0 bridgehead atoms. The summed E-state index contributed by atoms with van der Waals surface area (Å²) < 4.78 is 46.9. The monoisotopic (exact) mass is 420 g/mol. The third-order valence-corrected chi connectivity index (χ3v) is 6.61. The van der Waals surface area contributed by atoms with Gasteiger partial charge in [0.1, 0.15) is 16.5 Å². The molecule has 0 atom stereocenters. The molecule has 2 aromatic carbocycles. The van der Waals surface area contributed by atoms with E-state index in [-0.39, 0.29) is 34.6 Å². The van der Waals surface area contributed by atoms with Gasteiger partial charge in [0.05, 0.1) is 7.11 Å². The Morgan fingerprint density at radius 2 is 1.90 bits per heavy atom. The molecule has 2 aromatic rings. The number of carbonyl (C=O) groups is 1. The van der Waals surface area contributed by atoms with Crippen molar-refractivity contribution in [1.82, 2.24) is 10.0 Å². The predicted molar refractivity (Wildman–Crippen MR) is 108 cm³/mol. The van der Waals surface area contributed by atoms with Crippen LogP contribution in [0.15, 0.2) is 41.3 Å². The second kappa shape index (κ2) is 8.92. The lowest BCUT2D eigenvalue weighted by Gasteiger charge is -2.16. The van der Waals surface area contributed by atoms with Gasteiger partial charge in [0.15, 0.2) is 0 Å². The van der Waals surface area contributed by atoms with Crippen molar-refractivity contribution < 1.29 is 22.3 Å². The first-order valence-electron chi connectivity index (χ1n) is 9.54. The molecular weight excluding hydrogens is 395 g/mol. The lowest BCUT2D eigenvalue weighted by Crippen LogP contribution is -2.33. The van der Waals surface area contributed by atoms with Crippen LogP contribution in [0.4, 0.5) is 4.39 Å². The van der Waals surface area contributed by atoms with Gasteiger partial charge in [-0.3, -0.25) is 4.79 Å². The van der Waals surface area contributed by atoms with Crippen molar-refractivity contribution in [3.05, 3.63) is 58.9 Å². The first kappa shape index (κ1) is 21.3. The lowest BCUT2D eigenvalue weighted by atomic mass is 10.1. The molecule has 0 radical (unpaired) electrons. The van der Waals surface area contributed by atoms with E-state index in [2.05, 4.69) is 10.0 Å². The number of aryl methyl sites for hydroxylation is 1. The minimum Gasteiger partial charge on any atom is -0.495 e. The minimum absolute atomic E-state index is 0.0582. The SMILES string of the molecule is COc1ccc(C(=O)NCc2ccc(F)c(C)c2)cc1S(=O)(=O)NC1CCCC1. The van der Waals surface area contributed by atoms with E-state index in [1.807, 2.05) is 0 Å². The highest BCUT2D eigenvalue weighted by Gasteiger charge is 2.26. The van der Waals surface area contributed by atoms with Crippen LogP contribution < -0.4 is 14.8 Å². The van der Waals surface area contributed by atoms with E-state index >= 15 is 0 Å². The maximum atomic E-state index is 13.4. The molecule has 1 amide bonds. The van der Waals surface area contributed by atoms with Crippen LogP contribution in [0.2, 0.25) is 0 Å². The molecule has 1 fully saturated rings. The van der Waals surface area contributed by atoms with E-state index in [0.717, 1.165) is 31.2 Å². The van der Waals surface area contributed by atoms with Crippen LogP contribution in [0.1, 0.15) is 47.2 Å². The molecule has 1 aliphatic rings. The van der Waals surface area contributed by atoms with Crippen molar-refractivity contribution in [2.75, 3.05) is 7.11 Å². The van der Waals surface area contributed by atoms with Crippen LogP contribution in [0.5, 0.6) is 5.75 Å². The van der Waals surface area contributed by atoms with Crippen molar-refractivity contribution in [3.63, 3.8) is 0 Å². The summed E-state index contributed by atoms with van der Waals surface area (Å²) in [4.78, 5) is 12.5. The highest BCUT2D eigenvalue weighted by molar-refractivity contribution is 7.89. The second-order valence-corrected chi connectivity index (χ2v) is 8.92. The Kier molecular flexibility index (Phi) is 6.54. The molecule has 29 heavy (non-hydrogen) atoms. The largest absolute Gasteiger partial charge is 0.495 e. The number of ether oxygens (including phenoxy) is 1. The molecule has 8 heteroatoms. The topological polar surface area (TPSA) is 84.5 Å². The van der Waals surface area contributed by atoms with Crippen LogP contribution in [0.3, 0.4) is 0 Å². The van der Waals surface area contributed by atoms with Crippen molar-refractivity contribution >= 4 is 15.9 Å². The molecule has 0 aliphatic heterocycles. The number of carbonyl (C=O) groups excluding carboxylic acids is 1. The average molecular weight is 421 g/mol. The van der Waals surface area contributed by atoms with Gasteiger partial charge >= 0.3 is 0 Å². The molecule has 3 rings (SSSR count). The van der Waals surface area contributed by atoms with Crippen LogP contribution in [0, 0.1) is 12.7 Å². The van der Waals surface area contributed by atoms with Crippen LogP contribution >= 0.6 is 0 Å². The smallest absolute Gasteiger partial charge is 0.251 e. The van der Waals surface area contributed by atoms with E-state index in [0.29, 0.717) is 5.56 Å². The van der Waals surface area contributed by atoms with E-state index < -0.39 is 15.9 Å². The van der Waals surface area contributed by atoms with Crippen molar-refractivity contribution in [2.45, 2.75) is 50.1 Å². The summed E-state index contributed by atoms with van der Waals surface area (Å²) in [5.41, 5.74) is 1.45. The summed E-state index contributed by atoms with van der Waals surface area (Å²) in [6.45, 7) is 1.85. The van der Waals surface area contributed by atoms with Crippen molar-refractivity contribution in [1.29, 1.82) is 0 Å². The fraction of sp³-hybridized carbons (Fsp3) is 0.381. The summed E-state index contributed by atoms with van der Waals surface area (Å²) in [5.74, 6) is -0.548. The summed E-state index contributed by atoms with van der Waals surface area (Å²) in [5, 5.41) is 2.73. The number of rotatable bonds is 7. The van der Waals surface area contributed by atoms with Gasteiger partial charge in [-0.1, -0.05) is 25.0 Å². The van der Waals surface area contributed by atoms with Gasteiger partial charge < -0.3 is 10.1 Å². The Morgan fingerprint density at radius 1 is 1.17 bits per heavy atom. The Labute approximate surface area is 170 Å². The minimum atomic E-state index is -3.82. The van der Waals surface area contributed by atoms with E-state index in [1.54, 1.807) is 19.1 Å². The number of halogens is 1. The molecule has 0 aromatic heterocycles. The fourth-order valence-corrected chi connectivity index (χ4v) is 4.96. The van der Waals surface area contributed by atoms with E-state index in [1.165, 1.54) is 31.4 Å². The molecule has 0 heterocycles. The Hall–Kier alpha value is -2.45. The van der Waals surface area contributed by atoms with Gasteiger partial charge in [0.25, 0.3) is 5.91 Å². The first-order chi connectivity index (χ1) is 13.8. The molecule has 156 valence electrons. The van der Waals surface area contributed by atoms with E-state index in [9.17, 15) is 17.6 Å². The third-order valence-electron chi connectivity index (χ3n) is 5.07. The van der Waals surface area contributed by atoms with Gasteiger partial charge in [-0.05, 0) is 55.2 Å². The quantitative estimate of drug-likeness (QED) is 0.720. The Bertz CT molecular complexity index is 1000. The summed E-state index contributed by atoms with van der Waals surface area (Å²) in [7, 11) is -2.43. The number of hydrogen-bond donors (Lipinski definition) is 2. The van der Waals surface area contributed by atoms with Gasteiger partial charge in [0.2, 0.25) is 10.0 Å². The molecule has 0 saturated heterocycles. The fourth-order valence-electron chi connectivity index (χ4n) is 3.46. The highest BCUT2D eigenvalue weighted by Crippen LogP contribution is 2.27. The zero-order valence-corrected chi connectivity index (χ0v) is 17.3. The van der Waals surface area contributed by atoms with Crippen molar-refractivity contribution in [3.8, 4) is 5.75 Å². The maximum Gasteiger partial charge on any atom is 0.251 e. The number of benzene rings is 2. The van der Waals surface area contributed by atoms with Crippen LogP contribution in [0.25, 0.3) is 0 Å². The summed E-state index contributed by atoms with van der Waals surface area (Å²) in [6, 6.07) is 8.82. The summed E-state index contributed by atoms with van der Waals surface area (Å²) >= 11 is 0. The molecule has 1 saturated carbocycles. The number of hydrogen-bond acceptors (Lipinski definition) is 4. The first-order valence-corrected chi connectivity index (χ1v) is 11.0. The molecule has 0 spiro atoms. The highest BCUT2D eigenvalue weighted by atomic mass is 32.2. The predicted octanol–water partition coefficient (Wildman–Crippen LogP) is 3.29. The summed E-state index contributed by atoms with van der Waals surface area (Å²) in [6.07, 6.45) is 3.60. The zero-order valence-electron chi connectivity index (χ0n) is 16.5. The molecular formula is C21H25FN2O4S. The molecule has 2 N–H and O–H groups in total. The average Bonchev–Trinajstić information content (AvgIpc) is 3.20. The Balaban J connectivity index is 1.77. The lowest BCUT2D eigenvalue weighted by molar-refractivity contribution is 0.0950. The van der Waals surface area contributed by atoms with Gasteiger partial charge in [0, 0.05) is 18.2 Å². The number of methoxy groups -OCH3 is 1. The number of sulfonamides is 1. The zero-order chi connectivity index (χ0) is 21.0. The molecule has 6 nitrogen and oxygen atoms in total. The van der Waals surface area contributed by atoms with Crippen LogP contribution in [-0.2, 0) is 16.6 Å². The Morgan fingerprint density at radius 3 is 2.55 bits per heavy atom. The van der Waals surface area contributed by atoms with Gasteiger partial charge in [-0.25, -0.2) is 17.5 Å². The van der Waals surface area contributed by atoms with Gasteiger partial charge in [-0.2, -0.15) is 0 Å².